The molecule has 6 nitrogen and oxygen atoms in total. The largest absolute Gasteiger partial charge is 0.508 e. The number of phenols is 1. The third-order valence-corrected chi connectivity index (χ3v) is 8.64. The number of allylic oxidation sites excluding steroid dienone is 1. The van der Waals surface area contributed by atoms with Crippen LogP contribution in [0.25, 0.3) is 0 Å². The number of fused-ring (bicyclic) bond motifs is 1. The summed E-state index contributed by atoms with van der Waals surface area (Å²) in [4.78, 5) is 29.7. The number of carbonyl (C=O) groups excluding carboxylic acids is 2. The van der Waals surface area contributed by atoms with Gasteiger partial charge in [-0.2, -0.15) is 0 Å². The molecule has 1 N–H and O–H groups in total. The Labute approximate surface area is 218 Å². The van der Waals surface area contributed by atoms with Crippen LogP contribution in [-0.2, 0) is 21.4 Å². The monoisotopic (exact) mass is 497 g/mol. The standard InChI is InChI=1S/C17H23NO.C13H24N2O2/c1-18-9-8-17-7-3-2-4-14(17)16(18)10-12-5-6-13(19)11-15(12)17;1-6-9-12(16)15(10-7-2)11(8-3)13(17)14(4)5/h5-6,11,14,16,19H,2-4,7-10H2,1H3;6,9,11H,7-8,10H2,1-5H3/b;9-6+/t14-,16+,17+;/m0./s1. The van der Waals surface area contributed by atoms with E-state index in [1.807, 2.05) is 19.9 Å². The molecule has 2 bridgehead atoms. The number of nitrogens with zero attached hydrogens (tertiary/aromatic N) is 3. The van der Waals surface area contributed by atoms with E-state index in [2.05, 4.69) is 24.1 Å². The molecule has 1 saturated carbocycles. The summed E-state index contributed by atoms with van der Waals surface area (Å²) in [6.45, 7) is 7.56. The highest BCUT2D eigenvalue weighted by atomic mass is 16.3. The van der Waals surface area contributed by atoms with Gasteiger partial charge in [-0.15, -0.1) is 0 Å². The first-order valence-electron chi connectivity index (χ1n) is 13.9. The molecule has 0 radical (unpaired) electrons. The van der Waals surface area contributed by atoms with Gasteiger partial charge in [0.1, 0.15) is 11.8 Å². The quantitative estimate of drug-likeness (QED) is 0.576. The predicted octanol–water partition coefficient (Wildman–Crippen LogP) is 4.75. The van der Waals surface area contributed by atoms with Crippen molar-refractivity contribution < 1.29 is 14.7 Å². The first kappa shape index (κ1) is 28.2. The molecule has 4 atom stereocenters. The minimum atomic E-state index is -0.353. The van der Waals surface area contributed by atoms with Crippen LogP contribution in [-0.4, -0.2) is 77.9 Å². The Kier molecular flexibility index (Phi) is 9.62. The highest BCUT2D eigenvalue weighted by Gasteiger charge is 2.53. The molecule has 6 heteroatoms. The van der Waals surface area contributed by atoms with Crippen LogP contribution in [0.4, 0.5) is 0 Å². The summed E-state index contributed by atoms with van der Waals surface area (Å²) in [5.74, 6) is 1.17. The lowest BCUT2D eigenvalue weighted by Gasteiger charge is -2.58. The lowest BCUT2D eigenvalue weighted by molar-refractivity contribution is -0.142. The molecule has 3 aliphatic rings. The van der Waals surface area contributed by atoms with Crippen molar-refractivity contribution in [1.82, 2.24) is 14.7 Å². The number of amides is 2. The number of benzene rings is 1. The fourth-order valence-electron chi connectivity index (χ4n) is 6.91. The van der Waals surface area contributed by atoms with E-state index >= 15 is 0 Å². The van der Waals surface area contributed by atoms with E-state index < -0.39 is 0 Å². The fourth-order valence-corrected chi connectivity index (χ4v) is 6.91. The molecular weight excluding hydrogens is 450 g/mol. The Morgan fingerprint density at radius 2 is 1.97 bits per heavy atom. The fraction of sp³-hybridized carbons (Fsp3) is 0.667. The zero-order valence-electron chi connectivity index (χ0n) is 23.3. The maximum Gasteiger partial charge on any atom is 0.246 e. The predicted molar refractivity (Wildman–Crippen MR) is 146 cm³/mol. The molecule has 1 heterocycles. The van der Waals surface area contributed by atoms with Crippen LogP contribution in [0.1, 0.15) is 76.8 Å². The second-order valence-electron chi connectivity index (χ2n) is 11.0. The van der Waals surface area contributed by atoms with Crippen LogP contribution in [0.5, 0.6) is 5.75 Å². The van der Waals surface area contributed by atoms with Crippen molar-refractivity contribution in [1.29, 1.82) is 0 Å². The normalized spacial score (nSPS) is 25.7. The zero-order chi connectivity index (χ0) is 26.5. The van der Waals surface area contributed by atoms with E-state index in [-0.39, 0.29) is 17.9 Å². The summed E-state index contributed by atoms with van der Waals surface area (Å²) in [6.07, 6.45) is 12.6. The Hall–Kier alpha value is -2.34. The first-order valence-corrected chi connectivity index (χ1v) is 13.9. The molecule has 200 valence electrons. The lowest BCUT2D eigenvalue weighted by atomic mass is 9.52. The first-order chi connectivity index (χ1) is 17.2. The number of hydrogen-bond donors (Lipinski definition) is 1. The minimum absolute atomic E-state index is 0.0150. The van der Waals surface area contributed by atoms with Gasteiger partial charge in [-0.25, -0.2) is 0 Å². The second kappa shape index (κ2) is 12.3. The van der Waals surface area contributed by atoms with Gasteiger partial charge in [-0.05, 0) is 94.3 Å². The van der Waals surface area contributed by atoms with Crippen molar-refractivity contribution in [3.8, 4) is 5.75 Å². The summed E-state index contributed by atoms with van der Waals surface area (Å²) in [6, 6.07) is 6.49. The number of aromatic hydroxyl groups is 1. The van der Waals surface area contributed by atoms with Crippen LogP contribution in [0.3, 0.4) is 0 Å². The van der Waals surface area contributed by atoms with Crippen LogP contribution in [0, 0.1) is 5.92 Å². The summed E-state index contributed by atoms with van der Waals surface area (Å²) in [7, 11) is 5.74. The number of likely N-dealkylation sites (N-methyl/N-ethyl adjacent to an activating group) is 2. The number of carbonyl (C=O) groups is 2. The summed E-state index contributed by atoms with van der Waals surface area (Å²) < 4.78 is 0. The molecule has 1 unspecified atom stereocenters. The van der Waals surface area contributed by atoms with Crippen molar-refractivity contribution in [3.05, 3.63) is 41.5 Å². The molecule has 2 aliphatic carbocycles. The average Bonchev–Trinajstić information content (AvgIpc) is 2.87. The molecular formula is C30H47N3O3. The van der Waals surface area contributed by atoms with Crippen molar-refractivity contribution in [2.45, 2.75) is 89.6 Å². The minimum Gasteiger partial charge on any atom is -0.508 e. The van der Waals surface area contributed by atoms with E-state index in [9.17, 15) is 14.7 Å². The lowest BCUT2D eigenvalue weighted by Crippen LogP contribution is -2.59. The van der Waals surface area contributed by atoms with E-state index in [0.717, 1.165) is 18.4 Å². The Morgan fingerprint density at radius 3 is 2.61 bits per heavy atom. The number of likely N-dealkylation sites (tertiary alicyclic amines) is 1. The molecule has 36 heavy (non-hydrogen) atoms. The van der Waals surface area contributed by atoms with E-state index in [1.165, 1.54) is 62.3 Å². The second-order valence-corrected chi connectivity index (χ2v) is 11.0. The highest BCUT2D eigenvalue weighted by molar-refractivity contribution is 5.92. The van der Waals surface area contributed by atoms with Gasteiger partial charge in [-0.3, -0.25) is 9.59 Å². The number of rotatable bonds is 6. The Balaban J connectivity index is 0.000000203. The topological polar surface area (TPSA) is 64.1 Å². The zero-order valence-corrected chi connectivity index (χ0v) is 23.3. The maximum atomic E-state index is 12.0. The van der Waals surface area contributed by atoms with Crippen molar-refractivity contribution >= 4 is 11.8 Å². The summed E-state index contributed by atoms with van der Waals surface area (Å²) in [5, 5.41) is 9.91. The molecule has 4 rings (SSSR count). The number of phenolic OH excluding ortho intramolecular Hbond substituents is 1. The molecule has 0 aromatic heterocycles. The van der Waals surface area contributed by atoms with Gasteiger partial charge in [0.2, 0.25) is 11.8 Å². The number of hydrogen-bond acceptors (Lipinski definition) is 4. The van der Waals surface area contributed by atoms with Gasteiger partial charge in [-0.1, -0.05) is 38.8 Å². The van der Waals surface area contributed by atoms with Crippen molar-refractivity contribution in [3.63, 3.8) is 0 Å². The molecule has 1 aromatic carbocycles. The Bertz CT molecular complexity index is 943. The summed E-state index contributed by atoms with van der Waals surface area (Å²) in [5.41, 5.74) is 3.36. The van der Waals surface area contributed by atoms with Crippen LogP contribution in [0.2, 0.25) is 0 Å². The average molecular weight is 498 g/mol. The third kappa shape index (κ3) is 5.64. The van der Waals surface area contributed by atoms with E-state index in [1.54, 1.807) is 36.9 Å². The number of piperidine rings is 1. The van der Waals surface area contributed by atoms with Gasteiger partial charge in [0.15, 0.2) is 0 Å². The van der Waals surface area contributed by atoms with E-state index in [4.69, 9.17) is 0 Å². The van der Waals surface area contributed by atoms with Gasteiger partial charge >= 0.3 is 0 Å². The molecule has 1 saturated heterocycles. The maximum absolute atomic E-state index is 12.0. The van der Waals surface area contributed by atoms with Crippen molar-refractivity contribution in [2.24, 2.45) is 5.92 Å². The van der Waals surface area contributed by atoms with Crippen LogP contribution >= 0.6 is 0 Å². The molecule has 2 fully saturated rings. The highest BCUT2D eigenvalue weighted by Crippen LogP contribution is 2.55. The van der Waals surface area contributed by atoms with Gasteiger partial charge < -0.3 is 19.8 Å². The van der Waals surface area contributed by atoms with E-state index in [0.29, 0.717) is 24.1 Å². The van der Waals surface area contributed by atoms with Gasteiger partial charge in [0.25, 0.3) is 0 Å². The van der Waals surface area contributed by atoms with Crippen molar-refractivity contribution in [2.75, 3.05) is 34.2 Å². The van der Waals surface area contributed by atoms with Gasteiger partial charge in [0, 0.05) is 32.1 Å². The molecule has 2 amide bonds. The molecule has 1 aromatic rings. The van der Waals surface area contributed by atoms with Crippen LogP contribution in [0.15, 0.2) is 30.4 Å². The summed E-state index contributed by atoms with van der Waals surface area (Å²) >= 11 is 0. The Morgan fingerprint density at radius 1 is 1.22 bits per heavy atom. The molecule has 1 aliphatic heterocycles. The SMILES string of the molecule is C/C=C/C(=O)N(CCC)C(CC)C(=O)N(C)C.CN1CC[C@]23CCCC[C@H]2[C@H]1Cc1ccc(O)cc13. The van der Waals surface area contributed by atoms with Crippen LogP contribution < -0.4 is 0 Å². The third-order valence-electron chi connectivity index (χ3n) is 8.64. The van der Waals surface area contributed by atoms with Gasteiger partial charge in [0.05, 0.1) is 0 Å². The smallest absolute Gasteiger partial charge is 0.246 e. The molecule has 0 spiro atoms.